The van der Waals surface area contributed by atoms with Crippen LogP contribution in [0.3, 0.4) is 0 Å². The van der Waals surface area contributed by atoms with E-state index in [4.69, 9.17) is 9.47 Å². The summed E-state index contributed by atoms with van der Waals surface area (Å²) < 4.78 is 11.2. The maximum absolute atomic E-state index is 12.9. The van der Waals surface area contributed by atoms with E-state index in [9.17, 15) is 19.5 Å². The van der Waals surface area contributed by atoms with Crippen LogP contribution in [0, 0.1) is 12.8 Å². The van der Waals surface area contributed by atoms with Crippen molar-refractivity contribution in [1.82, 2.24) is 0 Å². The lowest BCUT2D eigenvalue weighted by molar-refractivity contribution is -0.153. The van der Waals surface area contributed by atoms with Crippen molar-refractivity contribution in [2.24, 2.45) is 5.92 Å². The third kappa shape index (κ3) is 2.75. The van der Waals surface area contributed by atoms with E-state index < -0.39 is 17.4 Å². The summed E-state index contributed by atoms with van der Waals surface area (Å²) in [7, 11) is 0. The molecule has 0 aromatic heterocycles. The Morgan fingerprint density at radius 2 is 1.97 bits per heavy atom. The number of hydrogen-bond donors (Lipinski definition) is 1. The van der Waals surface area contributed by atoms with Crippen LogP contribution in [-0.2, 0) is 23.9 Å². The van der Waals surface area contributed by atoms with E-state index in [1.807, 2.05) is 19.9 Å². The zero-order chi connectivity index (χ0) is 21.8. The Hall–Kier alpha value is -3.41. The van der Waals surface area contributed by atoms with Crippen LogP contribution in [-0.4, -0.2) is 28.2 Å². The third-order valence-corrected chi connectivity index (χ3v) is 5.96. The van der Waals surface area contributed by atoms with Crippen LogP contribution in [0.1, 0.15) is 38.3 Å². The molecule has 1 aromatic rings. The Morgan fingerprint density at radius 3 is 2.63 bits per heavy atom. The third-order valence-electron chi connectivity index (χ3n) is 5.96. The number of phenols is 1. The van der Waals surface area contributed by atoms with Gasteiger partial charge in [0.2, 0.25) is 5.78 Å². The minimum Gasteiger partial charge on any atom is -0.507 e. The number of esters is 1. The van der Waals surface area contributed by atoms with Crippen LogP contribution in [0.5, 0.6) is 5.75 Å². The number of ketones is 2. The van der Waals surface area contributed by atoms with Crippen LogP contribution in [0.15, 0.2) is 58.9 Å². The number of carbonyl (C=O) groups is 3. The van der Waals surface area contributed by atoms with Crippen LogP contribution in [0.2, 0.25) is 0 Å². The second-order valence-electron chi connectivity index (χ2n) is 7.94. The summed E-state index contributed by atoms with van der Waals surface area (Å²) in [6.07, 6.45) is 4.99. The Morgan fingerprint density at radius 1 is 1.23 bits per heavy atom. The highest BCUT2D eigenvalue weighted by atomic mass is 16.6. The monoisotopic (exact) mass is 406 g/mol. The number of rotatable bonds is 4. The predicted molar refractivity (Wildman–Crippen MR) is 109 cm³/mol. The quantitative estimate of drug-likeness (QED) is 0.606. The molecule has 2 heterocycles. The molecule has 2 aliphatic heterocycles. The normalized spacial score (nSPS) is 23.5. The number of hydrogen-bond acceptors (Lipinski definition) is 6. The predicted octanol–water partition coefficient (Wildman–Crippen LogP) is 3.69. The lowest BCUT2D eigenvalue weighted by Gasteiger charge is -2.31. The SMILES string of the molecule is CCC(C)C(=O)C1=C2C3=COC(c4c(C)cccc4O)=CC3=CC(=O)[C@@]2(C)OC1=O. The van der Waals surface area contributed by atoms with E-state index in [1.54, 1.807) is 25.1 Å². The van der Waals surface area contributed by atoms with Crippen molar-refractivity contribution in [3.05, 3.63) is 70.0 Å². The molecule has 4 rings (SSSR count). The molecule has 0 fully saturated rings. The molecule has 0 radical (unpaired) electrons. The molecule has 0 bridgehead atoms. The van der Waals surface area contributed by atoms with Gasteiger partial charge < -0.3 is 14.6 Å². The Kier molecular flexibility index (Phi) is 4.53. The van der Waals surface area contributed by atoms with E-state index in [2.05, 4.69) is 0 Å². The van der Waals surface area contributed by atoms with Crippen molar-refractivity contribution >= 4 is 23.3 Å². The molecule has 3 aliphatic rings. The molecular formula is C24H22O6. The second-order valence-corrected chi connectivity index (χ2v) is 7.94. The van der Waals surface area contributed by atoms with Crippen LogP contribution in [0.4, 0.5) is 0 Å². The number of benzene rings is 1. The number of aryl methyl sites for hydroxylation is 1. The summed E-state index contributed by atoms with van der Waals surface area (Å²) in [6.45, 7) is 6.94. The molecule has 154 valence electrons. The molecule has 1 aromatic carbocycles. The van der Waals surface area contributed by atoms with Crippen molar-refractivity contribution in [2.75, 3.05) is 0 Å². The number of phenolic OH excluding ortho intramolecular Hbond substituents is 1. The zero-order valence-corrected chi connectivity index (χ0v) is 17.2. The molecule has 6 nitrogen and oxygen atoms in total. The van der Waals surface area contributed by atoms with Crippen LogP contribution < -0.4 is 0 Å². The van der Waals surface area contributed by atoms with E-state index >= 15 is 0 Å². The van der Waals surface area contributed by atoms with Crippen molar-refractivity contribution in [1.29, 1.82) is 0 Å². The summed E-state index contributed by atoms with van der Waals surface area (Å²) in [5, 5.41) is 10.3. The molecular weight excluding hydrogens is 384 g/mol. The van der Waals surface area contributed by atoms with Gasteiger partial charge in [0.1, 0.15) is 17.1 Å². The topological polar surface area (TPSA) is 89.9 Å². The van der Waals surface area contributed by atoms with Gasteiger partial charge in [-0.3, -0.25) is 9.59 Å². The minimum atomic E-state index is -1.55. The first kappa shape index (κ1) is 19.9. The number of Topliss-reactive ketones (excluding diaryl/α,β-unsaturated/α-hetero) is 1. The highest BCUT2D eigenvalue weighted by Crippen LogP contribution is 2.48. The van der Waals surface area contributed by atoms with Crippen LogP contribution >= 0.6 is 0 Å². The highest BCUT2D eigenvalue weighted by Gasteiger charge is 2.55. The highest BCUT2D eigenvalue weighted by molar-refractivity contribution is 6.24. The first-order valence-electron chi connectivity index (χ1n) is 9.85. The molecule has 1 unspecified atom stereocenters. The van der Waals surface area contributed by atoms with Gasteiger partial charge in [-0.2, -0.15) is 0 Å². The summed E-state index contributed by atoms with van der Waals surface area (Å²) in [6, 6.07) is 5.12. The molecule has 2 atom stereocenters. The molecule has 6 heteroatoms. The summed E-state index contributed by atoms with van der Waals surface area (Å²) in [5.74, 6) is -1.51. The Balaban J connectivity index is 1.88. The van der Waals surface area contributed by atoms with E-state index in [-0.39, 0.29) is 28.6 Å². The number of ether oxygens (including phenoxy) is 2. The fraction of sp³-hybridized carbons (Fsp3) is 0.292. The summed E-state index contributed by atoms with van der Waals surface area (Å²) >= 11 is 0. The fourth-order valence-electron chi connectivity index (χ4n) is 4.00. The van der Waals surface area contributed by atoms with E-state index in [1.165, 1.54) is 19.3 Å². The van der Waals surface area contributed by atoms with Gasteiger partial charge in [0, 0.05) is 17.1 Å². The lowest BCUT2D eigenvalue weighted by Crippen LogP contribution is -2.40. The molecule has 1 aliphatic carbocycles. The van der Waals surface area contributed by atoms with Crippen molar-refractivity contribution < 1.29 is 29.0 Å². The second kappa shape index (κ2) is 6.83. The molecule has 0 saturated carbocycles. The molecule has 0 spiro atoms. The summed E-state index contributed by atoms with van der Waals surface area (Å²) in [4.78, 5) is 38.5. The maximum Gasteiger partial charge on any atom is 0.343 e. The first-order chi connectivity index (χ1) is 14.2. The van der Waals surface area contributed by atoms with Gasteiger partial charge in [0.25, 0.3) is 0 Å². The van der Waals surface area contributed by atoms with Crippen LogP contribution in [0.25, 0.3) is 5.76 Å². The number of carbonyl (C=O) groups excluding carboxylic acids is 3. The molecule has 1 N–H and O–H groups in total. The largest absolute Gasteiger partial charge is 0.507 e. The van der Waals surface area contributed by atoms with Gasteiger partial charge in [-0.15, -0.1) is 0 Å². The van der Waals surface area contributed by atoms with Gasteiger partial charge in [0.15, 0.2) is 11.4 Å². The standard InChI is InChI=1S/C24H22O6/c1-5-12(2)22(27)20-21-15-11-29-17(19-13(3)7-6-8-16(19)25)9-14(15)10-18(26)24(21,4)30-23(20)28/h6-12,25H,5H2,1-4H3/t12?,24-/m1/s1. The van der Waals surface area contributed by atoms with Crippen molar-refractivity contribution in [2.45, 2.75) is 39.7 Å². The van der Waals surface area contributed by atoms with Crippen molar-refractivity contribution in [3.8, 4) is 5.75 Å². The minimum absolute atomic E-state index is 0.0527. The van der Waals surface area contributed by atoms with Gasteiger partial charge >= 0.3 is 5.97 Å². The average Bonchev–Trinajstić information content (AvgIpc) is 2.98. The fourth-order valence-corrected chi connectivity index (χ4v) is 4.00. The number of aromatic hydroxyl groups is 1. The van der Waals surface area contributed by atoms with Gasteiger partial charge in [-0.1, -0.05) is 26.0 Å². The smallest absolute Gasteiger partial charge is 0.343 e. The van der Waals surface area contributed by atoms with E-state index in [0.29, 0.717) is 28.9 Å². The van der Waals surface area contributed by atoms with Gasteiger partial charge in [0.05, 0.1) is 11.8 Å². The molecule has 30 heavy (non-hydrogen) atoms. The Bertz CT molecular complexity index is 1110. The molecule has 0 saturated heterocycles. The Labute approximate surface area is 174 Å². The maximum atomic E-state index is 12.9. The summed E-state index contributed by atoms with van der Waals surface area (Å²) in [5.41, 5.74) is 0.899. The average molecular weight is 406 g/mol. The van der Waals surface area contributed by atoms with E-state index in [0.717, 1.165) is 5.56 Å². The number of fused-ring (bicyclic) bond motifs is 3. The molecule has 0 amide bonds. The zero-order valence-electron chi connectivity index (χ0n) is 17.2. The van der Waals surface area contributed by atoms with Crippen molar-refractivity contribution in [3.63, 3.8) is 0 Å². The van der Waals surface area contributed by atoms with Gasteiger partial charge in [-0.25, -0.2) is 4.79 Å². The van der Waals surface area contributed by atoms with Gasteiger partial charge in [-0.05, 0) is 49.6 Å². The first-order valence-corrected chi connectivity index (χ1v) is 9.85. The number of allylic oxidation sites excluding steroid dienone is 2. The lowest BCUT2D eigenvalue weighted by atomic mass is 9.75.